The Labute approximate surface area is 172 Å². The van der Waals surface area contributed by atoms with Crippen LogP contribution < -0.4 is 0 Å². The molecule has 0 bridgehead atoms. The van der Waals surface area contributed by atoms with Crippen molar-refractivity contribution in [1.82, 2.24) is 14.8 Å². The van der Waals surface area contributed by atoms with Gasteiger partial charge in [0.05, 0.1) is 6.10 Å². The van der Waals surface area contributed by atoms with Crippen molar-refractivity contribution in [1.29, 1.82) is 0 Å². The van der Waals surface area contributed by atoms with Crippen molar-refractivity contribution in [2.45, 2.75) is 63.4 Å². The number of aromatic nitrogens is 1. The van der Waals surface area contributed by atoms with Crippen LogP contribution in [0.4, 0.5) is 4.79 Å². The summed E-state index contributed by atoms with van der Waals surface area (Å²) in [5.41, 5.74) is 4.28. The van der Waals surface area contributed by atoms with Crippen molar-refractivity contribution >= 4 is 11.8 Å². The second-order valence-corrected chi connectivity index (χ2v) is 9.16. The second-order valence-electron chi connectivity index (χ2n) is 9.16. The van der Waals surface area contributed by atoms with Gasteiger partial charge in [-0.25, -0.2) is 4.79 Å². The van der Waals surface area contributed by atoms with Gasteiger partial charge in [0, 0.05) is 50.4 Å². The minimum atomic E-state index is 0.150. The minimum absolute atomic E-state index is 0.150. The molecule has 2 atom stereocenters. The molecule has 3 aliphatic heterocycles. The van der Waals surface area contributed by atoms with Crippen molar-refractivity contribution in [3.8, 4) is 0 Å². The highest BCUT2D eigenvalue weighted by Crippen LogP contribution is 2.35. The lowest BCUT2D eigenvalue weighted by Gasteiger charge is -2.43. The number of hydrogen-bond acceptors (Lipinski definition) is 4. The Morgan fingerprint density at radius 2 is 1.86 bits per heavy atom. The van der Waals surface area contributed by atoms with E-state index in [2.05, 4.69) is 11.1 Å². The number of piperidine rings is 2. The Hall–Kier alpha value is -1.95. The quantitative estimate of drug-likeness (QED) is 0.731. The molecule has 156 valence electrons. The maximum Gasteiger partial charge on any atom is 0.320 e. The molecule has 0 unspecified atom stereocenters. The van der Waals surface area contributed by atoms with Crippen LogP contribution in [0.15, 0.2) is 12.3 Å². The lowest BCUT2D eigenvalue weighted by atomic mass is 9.82. The van der Waals surface area contributed by atoms with Gasteiger partial charge in [0.25, 0.3) is 0 Å². The van der Waals surface area contributed by atoms with Gasteiger partial charge >= 0.3 is 6.03 Å². The van der Waals surface area contributed by atoms with Crippen LogP contribution in [0.2, 0.25) is 0 Å². The Balaban J connectivity index is 1.20. The van der Waals surface area contributed by atoms with Crippen molar-refractivity contribution in [3.63, 3.8) is 0 Å². The number of aryl methyl sites for hydroxylation is 1. The van der Waals surface area contributed by atoms with Crippen LogP contribution in [0.1, 0.15) is 61.3 Å². The van der Waals surface area contributed by atoms with E-state index < -0.39 is 0 Å². The third kappa shape index (κ3) is 3.79. The first-order valence-electron chi connectivity index (χ1n) is 11.3. The summed E-state index contributed by atoms with van der Waals surface area (Å²) in [6.45, 7) is 3.29. The number of carbonyl (C=O) groups excluding carboxylic acids is 2. The molecule has 4 heterocycles. The van der Waals surface area contributed by atoms with Crippen LogP contribution in [0.5, 0.6) is 0 Å². The number of amides is 2. The maximum absolute atomic E-state index is 13.1. The molecule has 0 spiro atoms. The summed E-state index contributed by atoms with van der Waals surface area (Å²) >= 11 is 0. The summed E-state index contributed by atoms with van der Waals surface area (Å²) in [5, 5.41) is 0. The number of urea groups is 1. The van der Waals surface area contributed by atoms with Gasteiger partial charge in [-0.15, -0.1) is 0 Å². The van der Waals surface area contributed by atoms with E-state index in [1.807, 2.05) is 16.0 Å². The van der Waals surface area contributed by atoms with E-state index in [0.29, 0.717) is 18.9 Å². The monoisotopic (exact) mass is 397 g/mol. The first kappa shape index (κ1) is 19.0. The second kappa shape index (κ2) is 8.05. The molecular weight excluding hydrogens is 366 g/mol. The Morgan fingerprint density at radius 3 is 2.72 bits per heavy atom. The number of hydrogen-bond donors (Lipinski definition) is 0. The Morgan fingerprint density at radius 1 is 1.07 bits per heavy atom. The van der Waals surface area contributed by atoms with Gasteiger partial charge in [-0.05, 0) is 68.1 Å². The predicted octanol–water partition coefficient (Wildman–Crippen LogP) is 2.94. The normalized spacial score (nSPS) is 28.1. The summed E-state index contributed by atoms with van der Waals surface area (Å²) in [6, 6.07) is 2.37. The minimum Gasteiger partial charge on any atom is -0.370 e. The molecule has 0 N–H and O–H groups in total. The molecule has 6 nitrogen and oxygen atoms in total. The van der Waals surface area contributed by atoms with Gasteiger partial charge in [-0.2, -0.15) is 0 Å². The zero-order valence-corrected chi connectivity index (χ0v) is 17.1. The standard InChI is InChI=1S/C23H31N3O3/c27-18-13-17-14-26(12-8-22(17)29-15-18)23(28)25-10-6-16(7-11-25)19-5-9-24-21-4-2-1-3-20(19)21/h5,9,16-17,22H,1-4,6-8,10-15H2/t17-,22+/m1/s1. The van der Waals surface area contributed by atoms with Gasteiger partial charge in [0.2, 0.25) is 0 Å². The molecule has 0 radical (unpaired) electrons. The molecule has 1 aliphatic carbocycles. The van der Waals surface area contributed by atoms with Crippen molar-refractivity contribution in [2.24, 2.45) is 5.92 Å². The molecular formula is C23H31N3O3. The van der Waals surface area contributed by atoms with Crippen LogP contribution in [-0.2, 0) is 22.4 Å². The van der Waals surface area contributed by atoms with Gasteiger partial charge in [-0.1, -0.05) is 0 Å². The van der Waals surface area contributed by atoms with Crippen molar-refractivity contribution in [3.05, 3.63) is 29.1 Å². The van der Waals surface area contributed by atoms with Crippen LogP contribution >= 0.6 is 0 Å². The predicted molar refractivity (Wildman–Crippen MR) is 109 cm³/mol. The zero-order chi connectivity index (χ0) is 19.8. The molecule has 0 saturated carbocycles. The van der Waals surface area contributed by atoms with E-state index >= 15 is 0 Å². The zero-order valence-electron chi connectivity index (χ0n) is 17.1. The molecule has 5 rings (SSSR count). The number of rotatable bonds is 1. The first-order valence-corrected chi connectivity index (χ1v) is 11.3. The number of ketones is 1. The Bertz CT molecular complexity index is 788. The molecule has 1 aromatic rings. The lowest BCUT2D eigenvalue weighted by Crippen LogP contribution is -2.54. The van der Waals surface area contributed by atoms with Gasteiger partial charge in [0.15, 0.2) is 5.78 Å². The highest BCUT2D eigenvalue weighted by Gasteiger charge is 2.38. The van der Waals surface area contributed by atoms with E-state index in [-0.39, 0.29) is 30.4 Å². The molecule has 3 saturated heterocycles. The summed E-state index contributed by atoms with van der Waals surface area (Å²) in [6.07, 6.45) is 10.4. The molecule has 3 fully saturated rings. The fraction of sp³-hybridized carbons (Fsp3) is 0.696. The summed E-state index contributed by atoms with van der Waals surface area (Å²) < 4.78 is 5.67. The van der Waals surface area contributed by atoms with E-state index in [4.69, 9.17) is 4.74 Å². The molecule has 2 amide bonds. The fourth-order valence-corrected chi connectivity index (χ4v) is 5.77. The summed E-state index contributed by atoms with van der Waals surface area (Å²) in [7, 11) is 0. The van der Waals surface area contributed by atoms with Crippen LogP contribution in [0.3, 0.4) is 0 Å². The number of nitrogens with zero attached hydrogens (tertiary/aromatic N) is 3. The Kier molecular flexibility index (Phi) is 5.29. The van der Waals surface area contributed by atoms with Crippen molar-refractivity contribution < 1.29 is 14.3 Å². The van der Waals surface area contributed by atoms with Crippen molar-refractivity contribution in [2.75, 3.05) is 32.8 Å². The number of likely N-dealkylation sites (tertiary alicyclic amines) is 2. The third-order valence-corrected chi connectivity index (χ3v) is 7.36. The molecule has 6 heteroatoms. The first-order chi connectivity index (χ1) is 14.2. The fourth-order valence-electron chi connectivity index (χ4n) is 5.77. The van der Waals surface area contributed by atoms with E-state index in [1.165, 1.54) is 29.7 Å². The highest BCUT2D eigenvalue weighted by molar-refractivity contribution is 5.81. The third-order valence-electron chi connectivity index (χ3n) is 7.36. The van der Waals surface area contributed by atoms with Gasteiger partial charge in [0.1, 0.15) is 6.61 Å². The SMILES string of the molecule is O=C1CO[C@H]2CCN(C(=O)N3CCC(c4ccnc5c4CCCC5)CC3)C[C@H]2C1. The number of carbonyl (C=O) groups is 2. The average Bonchev–Trinajstić information content (AvgIpc) is 2.78. The lowest BCUT2D eigenvalue weighted by molar-refractivity contribution is -0.139. The van der Waals surface area contributed by atoms with Gasteiger partial charge in [-0.3, -0.25) is 9.78 Å². The van der Waals surface area contributed by atoms with E-state index in [9.17, 15) is 9.59 Å². The average molecular weight is 398 g/mol. The summed E-state index contributed by atoms with van der Waals surface area (Å²) in [4.78, 5) is 33.4. The van der Waals surface area contributed by atoms with Gasteiger partial charge < -0.3 is 14.5 Å². The van der Waals surface area contributed by atoms with Crippen LogP contribution in [-0.4, -0.2) is 65.5 Å². The smallest absolute Gasteiger partial charge is 0.320 e. The maximum atomic E-state index is 13.1. The molecule has 4 aliphatic rings. The number of fused-ring (bicyclic) bond motifs is 2. The molecule has 0 aromatic carbocycles. The topological polar surface area (TPSA) is 62.7 Å². The highest BCUT2D eigenvalue weighted by atomic mass is 16.5. The number of pyridine rings is 1. The number of ether oxygens (including phenoxy) is 1. The number of Topliss-reactive ketones (excluding diaryl/α,β-unsaturated/α-hetero) is 1. The van der Waals surface area contributed by atoms with Crippen LogP contribution in [0, 0.1) is 5.92 Å². The van der Waals surface area contributed by atoms with E-state index in [1.54, 1.807) is 0 Å². The van der Waals surface area contributed by atoms with Crippen LogP contribution in [0.25, 0.3) is 0 Å². The van der Waals surface area contributed by atoms with E-state index in [0.717, 1.165) is 51.7 Å². The largest absolute Gasteiger partial charge is 0.370 e. The molecule has 1 aromatic heterocycles. The summed E-state index contributed by atoms with van der Waals surface area (Å²) in [5.74, 6) is 0.890. The molecule has 29 heavy (non-hydrogen) atoms.